The van der Waals surface area contributed by atoms with Crippen LogP contribution in [0.5, 0.6) is 5.75 Å². The number of aliphatic hydroxyl groups excluding tert-OH is 4. The number of aryl methyl sites for hydroxylation is 1. The van der Waals surface area contributed by atoms with Crippen molar-refractivity contribution < 1.29 is 44.9 Å². The van der Waals surface area contributed by atoms with E-state index in [2.05, 4.69) is 0 Å². The van der Waals surface area contributed by atoms with Crippen molar-refractivity contribution in [3.8, 4) is 5.75 Å². The van der Waals surface area contributed by atoms with Crippen molar-refractivity contribution in [2.75, 3.05) is 13.2 Å². The average Bonchev–Trinajstić information content (AvgIpc) is 2.59. The first-order valence-electron chi connectivity index (χ1n) is 7.82. The molecule has 2 rings (SSSR count). The molecule has 0 spiro atoms. The summed E-state index contributed by atoms with van der Waals surface area (Å²) in [4.78, 5) is 11.0. The van der Waals surface area contributed by atoms with Gasteiger partial charge in [0.2, 0.25) is 0 Å². The van der Waals surface area contributed by atoms with Gasteiger partial charge in [-0.05, 0) is 30.5 Å². The highest BCUT2D eigenvalue weighted by Crippen LogP contribution is 2.23. The van der Waals surface area contributed by atoms with Crippen LogP contribution in [0.3, 0.4) is 0 Å². The molecule has 1 fully saturated rings. The summed E-state index contributed by atoms with van der Waals surface area (Å²) in [6.45, 7) is -0.401. The van der Waals surface area contributed by atoms with Crippen LogP contribution in [-0.4, -0.2) is 80.5 Å². The number of hydrogen-bond acceptors (Lipinski definition) is 8. The van der Waals surface area contributed by atoms with Crippen molar-refractivity contribution in [1.29, 1.82) is 0 Å². The summed E-state index contributed by atoms with van der Waals surface area (Å²) in [6, 6.07) is 4.26. The number of aromatic carboxylic acids is 1. The molecule has 0 saturated carbocycles. The Bertz CT molecular complexity index is 589. The molecule has 1 aromatic carbocycles. The van der Waals surface area contributed by atoms with E-state index < -0.39 is 43.3 Å². The Labute approximate surface area is 143 Å². The van der Waals surface area contributed by atoms with Crippen molar-refractivity contribution >= 4 is 5.97 Å². The van der Waals surface area contributed by atoms with Crippen molar-refractivity contribution in [2.45, 2.75) is 43.5 Å². The number of aliphatic hydroxyl groups is 4. The van der Waals surface area contributed by atoms with E-state index in [0.29, 0.717) is 18.4 Å². The fourth-order valence-electron chi connectivity index (χ4n) is 2.59. The van der Waals surface area contributed by atoms with Gasteiger partial charge in [0.05, 0.1) is 13.2 Å². The first kappa shape index (κ1) is 19.6. The number of carboxylic acids is 1. The SMILES string of the molecule is O=C(O)c1cc(CCCO[C@@H]2O[C@H](CO)[C@@H](O)[C@H](O)[C@H]2O)ccc1O. The number of hydrogen-bond donors (Lipinski definition) is 6. The zero-order valence-corrected chi connectivity index (χ0v) is 13.4. The normalized spacial score (nSPS) is 29.5. The molecule has 0 aromatic heterocycles. The van der Waals surface area contributed by atoms with Gasteiger partial charge in [0.25, 0.3) is 0 Å². The quantitative estimate of drug-likeness (QED) is 0.331. The predicted molar refractivity (Wildman–Crippen MR) is 83.1 cm³/mol. The molecular weight excluding hydrogens is 336 g/mol. The lowest BCUT2D eigenvalue weighted by Gasteiger charge is -2.39. The highest BCUT2D eigenvalue weighted by molar-refractivity contribution is 5.90. The molecule has 25 heavy (non-hydrogen) atoms. The lowest BCUT2D eigenvalue weighted by molar-refractivity contribution is -0.301. The Hall–Kier alpha value is -1.75. The van der Waals surface area contributed by atoms with Crippen LogP contribution in [0.25, 0.3) is 0 Å². The molecule has 0 unspecified atom stereocenters. The maximum absolute atomic E-state index is 11.0. The van der Waals surface area contributed by atoms with Gasteiger partial charge < -0.3 is 40.1 Å². The van der Waals surface area contributed by atoms with E-state index >= 15 is 0 Å². The fraction of sp³-hybridized carbons (Fsp3) is 0.562. The van der Waals surface area contributed by atoms with Crippen molar-refractivity contribution in [1.82, 2.24) is 0 Å². The molecule has 9 nitrogen and oxygen atoms in total. The van der Waals surface area contributed by atoms with E-state index in [1.807, 2.05) is 0 Å². The zero-order chi connectivity index (χ0) is 18.6. The van der Waals surface area contributed by atoms with Crippen molar-refractivity contribution in [3.05, 3.63) is 29.3 Å². The highest BCUT2D eigenvalue weighted by atomic mass is 16.7. The van der Waals surface area contributed by atoms with Gasteiger partial charge >= 0.3 is 5.97 Å². The van der Waals surface area contributed by atoms with Crippen LogP contribution in [0.4, 0.5) is 0 Å². The van der Waals surface area contributed by atoms with Crippen LogP contribution in [0, 0.1) is 0 Å². The number of rotatable bonds is 7. The van der Waals surface area contributed by atoms with Crippen LogP contribution in [-0.2, 0) is 15.9 Å². The third kappa shape index (κ3) is 4.66. The van der Waals surface area contributed by atoms with Gasteiger partial charge in [0.1, 0.15) is 35.7 Å². The largest absolute Gasteiger partial charge is 0.507 e. The van der Waals surface area contributed by atoms with Gasteiger partial charge in [-0.3, -0.25) is 0 Å². The summed E-state index contributed by atoms with van der Waals surface area (Å²) in [5.74, 6) is -1.54. The summed E-state index contributed by atoms with van der Waals surface area (Å²) in [7, 11) is 0. The second kappa shape index (κ2) is 8.56. The maximum atomic E-state index is 11.0. The van der Waals surface area contributed by atoms with Crippen molar-refractivity contribution in [3.63, 3.8) is 0 Å². The van der Waals surface area contributed by atoms with E-state index in [1.165, 1.54) is 12.1 Å². The van der Waals surface area contributed by atoms with Gasteiger partial charge in [-0.2, -0.15) is 0 Å². The molecule has 0 aliphatic carbocycles. The Morgan fingerprint density at radius 1 is 1.16 bits per heavy atom. The molecule has 1 aliphatic rings. The number of phenols is 1. The Kier molecular flexibility index (Phi) is 6.71. The van der Waals surface area contributed by atoms with Crippen LogP contribution in [0.2, 0.25) is 0 Å². The van der Waals surface area contributed by atoms with Crippen LogP contribution in [0.15, 0.2) is 18.2 Å². The molecule has 6 N–H and O–H groups in total. The lowest BCUT2D eigenvalue weighted by atomic mass is 9.99. The average molecular weight is 358 g/mol. The molecule has 1 aliphatic heterocycles. The Balaban J connectivity index is 1.84. The number of ether oxygens (including phenoxy) is 2. The molecule has 5 atom stereocenters. The summed E-state index contributed by atoms with van der Waals surface area (Å²) in [5.41, 5.74) is 0.500. The minimum atomic E-state index is -1.49. The second-order valence-corrected chi connectivity index (χ2v) is 5.83. The van der Waals surface area contributed by atoms with E-state index in [-0.39, 0.29) is 17.9 Å². The molecule has 1 heterocycles. The van der Waals surface area contributed by atoms with Gasteiger partial charge in [0.15, 0.2) is 6.29 Å². The smallest absolute Gasteiger partial charge is 0.339 e. The molecule has 0 amide bonds. The number of benzene rings is 1. The number of carbonyl (C=O) groups is 1. The Morgan fingerprint density at radius 2 is 1.88 bits per heavy atom. The third-order valence-corrected chi connectivity index (χ3v) is 4.03. The number of carboxylic acid groups (broad SMARTS) is 1. The first-order chi connectivity index (χ1) is 11.8. The first-order valence-corrected chi connectivity index (χ1v) is 7.82. The van der Waals surface area contributed by atoms with Crippen LogP contribution < -0.4 is 0 Å². The van der Waals surface area contributed by atoms with Crippen LogP contribution >= 0.6 is 0 Å². The minimum Gasteiger partial charge on any atom is -0.507 e. The number of aromatic hydroxyl groups is 1. The van der Waals surface area contributed by atoms with E-state index in [1.54, 1.807) is 6.07 Å². The van der Waals surface area contributed by atoms with E-state index in [4.69, 9.17) is 19.7 Å². The molecule has 9 heteroatoms. The standard InChI is InChI=1S/C16H22O9/c17-7-11-12(19)13(20)14(21)16(25-11)24-5-1-2-8-3-4-10(18)9(6-8)15(22)23/h3-4,6,11-14,16-21H,1-2,5,7H2,(H,22,23)/t11-,12-,13+,14-,16-/m1/s1. The summed E-state index contributed by atoms with van der Waals surface area (Å²) in [5, 5.41) is 56.7. The topological polar surface area (TPSA) is 157 Å². The van der Waals surface area contributed by atoms with Gasteiger partial charge in [-0.25, -0.2) is 4.79 Å². The second-order valence-electron chi connectivity index (χ2n) is 5.83. The molecule has 1 saturated heterocycles. The monoisotopic (exact) mass is 358 g/mol. The highest BCUT2D eigenvalue weighted by Gasteiger charge is 2.43. The third-order valence-electron chi connectivity index (χ3n) is 4.03. The summed E-state index contributed by atoms with van der Waals surface area (Å²) >= 11 is 0. The Morgan fingerprint density at radius 3 is 2.52 bits per heavy atom. The van der Waals surface area contributed by atoms with Gasteiger partial charge in [-0.1, -0.05) is 6.07 Å². The van der Waals surface area contributed by atoms with Gasteiger partial charge in [-0.15, -0.1) is 0 Å². The fourth-order valence-corrected chi connectivity index (χ4v) is 2.59. The molecule has 0 radical (unpaired) electrons. The van der Waals surface area contributed by atoms with Crippen molar-refractivity contribution in [2.24, 2.45) is 0 Å². The molecule has 0 bridgehead atoms. The summed E-state index contributed by atoms with van der Waals surface area (Å²) in [6.07, 6.45) is -5.69. The van der Waals surface area contributed by atoms with E-state index in [9.17, 15) is 25.2 Å². The molecular formula is C16H22O9. The van der Waals surface area contributed by atoms with E-state index in [0.717, 1.165) is 0 Å². The lowest BCUT2D eigenvalue weighted by Crippen LogP contribution is -2.59. The van der Waals surface area contributed by atoms with Gasteiger partial charge in [0, 0.05) is 0 Å². The zero-order valence-electron chi connectivity index (χ0n) is 13.4. The maximum Gasteiger partial charge on any atom is 0.339 e. The molecule has 140 valence electrons. The minimum absolute atomic E-state index is 0.131. The predicted octanol–water partition coefficient (Wildman–Crippen LogP) is -1.16. The van der Waals surface area contributed by atoms with Crippen LogP contribution in [0.1, 0.15) is 22.3 Å². The summed E-state index contributed by atoms with van der Waals surface area (Å²) < 4.78 is 10.6. The molecule has 1 aromatic rings.